The summed E-state index contributed by atoms with van der Waals surface area (Å²) >= 11 is 1.39. The van der Waals surface area contributed by atoms with Gasteiger partial charge in [-0.15, -0.1) is 11.8 Å². The highest BCUT2D eigenvalue weighted by Crippen LogP contribution is 2.37. The van der Waals surface area contributed by atoms with Crippen molar-refractivity contribution in [2.75, 3.05) is 10.2 Å². The number of nitrogens with one attached hydrogen (secondary N) is 1. The van der Waals surface area contributed by atoms with Gasteiger partial charge in [-0.25, -0.2) is 9.69 Å². The third-order valence-electron chi connectivity index (χ3n) is 5.89. The molecule has 7 heteroatoms. The normalized spacial score (nSPS) is 19.6. The molecule has 0 spiro atoms. The second kappa shape index (κ2) is 8.41. The second-order valence-electron chi connectivity index (χ2n) is 8.16. The number of aryl methyl sites for hydroxylation is 2. The summed E-state index contributed by atoms with van der Waals surface area (Å²) in [5.74, 6) is -0.692. The number of carbonyl (C=O) groups excluding carboxylic acids is 3. The number of fused-ring (bicyclic) bond motifs is 1. The van der Waals surface area contributed by atoms with Crippen LogP contribution in [0.25, 0.3) is 0 Å². The molecule has 2 amide bonds. The van der Waals surface area contributed by atoms with Crippen LogP contribution >= 0.6 is 11.8 Å². The van der Waals surface area contributed by atoms with Crippen LogP contribution in [0.15, 0.2) is 71.6 Å². The van der Waals surface area contributed by atoms with Gasteiger partial charge >= 0.3 is 5.97 Å². The Bertz CT molecular complexity index is 1250. The van der Waals surface area contributed by atoms with Gasteiger partial charge in [0, 0.05) is 22.6 Å². The van der Waals surface area contributed by atoms with Crippen molar-refractivity contribution >= 4 is 40.9 Å². The van der Waals surface area contributed by atoms with E-state index in [0.717, 1.165) is 27.3 Å². The Labute approximate surface area is 195 Å². The summed E-state index contributed by atoms with van der Waals surface area (Å²) in [4.78, 5) is 40.0. The first-order valence-electron chi connectivity index (χ1n) is 10.7. The van der Waals surface area contributed by atoms with Crippen LogP contribution in [0.1, 0.15) is 39.7 Å². The quantitative estimate of drug-likeness (QED) is 0.428. The first-order chi connectivity index (χ1) is 15.9. The zero-order chi connectivity index (χ0) is 23.1. The maximum Gasteiger partial charge on any atom is 0.340 e. The standard InChI is InChI=1S/C26H22N2O4S/c1-15-6-5-7-16(2)23(15)28-22(29)14-21(25(28)30)33-18-12-10-17(11-13-18)27-24-19-8-3-4-9-20(19)26(31)32-24/h3-13,21,24,27H,14H2,1-2H3. The maximum absolute atomic E-state index is 13.1. The molecule has 3 aromatic carbocycles. The number of imide groups is 1. The van der Waals surface area contributed by atoms with Gasteiger partial charge in [0.2, 0.25) is 18.0 Å². The van der Waals surface area contributed by atoms with Crippen molar-refractivity contribution in [3.63, 3.8) is 0 Å². The smallest absolute Gasteiger partial charge is 0.340 e. The summed E-state index contributed by atoms with van der Waals surface area (Å²) < 4.78 is 5.43. The average Bonchev–Trinajstić information content (AvgIpc) is 3.26. The predicted molar refractivity (Wildman–Crippen MR) is 127 cm³/mol. The minimum absolute atomic E-state index is 0.171. The number of hydrogen-bond acceptors (Lipinski definition) is 6. The first kappa shape index (κ1) is 21.3. The molecule has 33 heavy (non-hydrogen) atoms. The molecule has 0 radical (unpaired) electrons. The van der Waals surface area contributed by atoms with Crippen molar-refractivity contribution in [3.8, 4) is 0 Å². The fourth-order valence-corrected chi connectivity index (χ4v) is 5.34. The van der Waals surface area contributed by atoms with E-state index in [0.29, 0.717) is 11.3 Å². The van der Waals surface area contributed by atoms with E-state index in [1.54, 1.807) is 6.07 Å². The van der Waals surface area contributed by atoms with Gasteiger partial charge in [0.1, 0.15) is 0 Å². The molecular formula is C26H22N2O4S. The molecule has 0 saturated carbocycles. The lowest BCUT2D eigenvalue weighted by Gasteiger charge is -2.19. The predicted octanol–water partition coefficient (Wildman–Crippen LogP) is 5.01. The van der Waals surface area contributed by atoms with Crippen molar-refractivity contribution in [1.29, 1.82) is 0 Å². The van der Waals surface area contributed by atoms with Gasteiger partial charge < -0.3 is 10.1 Å². The van der Waals surface area contributed by atoms with Gasteiger partial charge in [0.05, 0.1) is 16.5 Å². The van der Waals surface area contributed by atoms with Crippen molar-refractivity contribution in [3.05, 3.63) is 89.0 Å². The van der Waals surface area contributed by atoms with E-state index in [9.17, 15) is 14.4 Å². The fourth-order valence-electron chi connectivity index (χ4n) is 4.29. The van der Waals surface area contributed by atoms with Gasteiger partial charge in [-0.1, -0.05) is 36.4 Å². The third kappa shape index (κ3) is 3.89. The first-order valence-corrected chi connectivity index (χ1v) is 11.6. The molecule has 2 aliphatic heterocycles. The molecule has 1 N–H and O–H groups in total. The van der Waals surface area contributed by atoms with Gasteiger partial charge in [-0.3, -0.25) is 9.59 Å². The summed E-state index contributed by atoms with van der Waals surface area (Å²) in [5, 5.41) is 2.76. The summed E-state index contributed by atoms with van der Waals surface area (Å²) in [7, 11) is 0. The van der Waals surface area contributed by atoms with Crippen LogP contribution in [0.4, 0.5) is 11.4 Å². The van der Waals surface area contributed by atoms with Crippen molar-refractivity contribution < 1.29 is 19.1 Å². The minimum atomic E-state index is -0.535. The number of ether oxygens (including phenoxy) is 1. The molecule has 2 heterocycles. The van der Waals surface area contributed by atoms with Crippen molar-refractivity contribution in [1.82, 2.24) is 0 Å². The van der Waals surface area contributed by atoms with E-state index in [2.05, 4.69) is 5.32 Å². The zero-order valence-electron chi connectivity index (χ0n) is 18.2. The number of nitrogens with zero attached hydrogens (tertiary/aromatic N) is 1. The van der Waals surface area contributed by atoms with E-state index in [1.807, 2.05) is 74.5 Å². The molecule has 5 rings (SSSR count). The second-order valence-corrected chi connectivity index (χ2v) is 9.44. The Morgan fingerprint density at radius 1 is 0.909 bits per heavy atom. The average molecular weight is 459 g/mol. The number of esters is 1. The summed E-state index contributed by atoms with van der Waals surface area (Å²) in [6.07, 6.45) is -0.362. The molecule has 1 fully saturated rings. The highest BCUT2D eigenvalue weighted by Gasteiger charge is 2.41. The van der Waals surface area contributed by atoms with Crippen LogP contribution in [0.5, 0.6) is 0 Å². The molecule has 3 aromatic rings. The number of para-hydroxylation sites is 1. The fraction of sp³-hybridized carbons (Fsp3) is 0.192. The number of thioether (sulfide) groups is 1. The van der Waals surface area contributed by atoms with Crippen LogP contribution in [0.3, 0.4) is 0 Å². The van der Waals surface area contributed by atoms with E-state index in [4.69, 9.17) is 4.74 Å². The number of benzene rings is 3. The molecule has 1 saturated heterocycles. The number of cyclic esters (lactones) is 1. The monoisotopic (exact) mass is 458 g/mol. The molecule has 2 unspecified atom stereocenters. The maximum atomic E-state index is 13.1. The van der Waals surface area contributed by atoms with Gasteiger partial charge in [-0.05, 0) is 55.3 Å². The number of anilines is 2. The Morgan fingerprint density at radius 2 is 1.61 bits per heavy atom. The van der Waals surface area contributed by atoms with E-state index in [1.165, 1.54) is 16.7 Å². The molecule has 166 valence electrons. The van der Waals surface area contributed by atoms with Crippen LogP contribution in [-0.2, 0) is 14.3 Å². The molecular weight excluding hydrogens is 436 g/mol. The van der Waals surface area contributed by atoms with Crippen LogP contribution in [0.2, 0.25) is 0 Å². The number of hydrogen-bond donors (Lipinski definition) is 1. The summed E-state index contributed by atoms with van der Waals surface area (Å²) in [5.41, 5.74) is 4.68. The lowest BCUT2D eigenvalue weighted by Crippen LogP contribution is -2.32. The van der Waals surface area contributed by atoms with Crippen molar-refractivity contribution in [2.24, 2.45) is 0 Å². The number of rotatable bonds is 5. The zero-order valence-corrected chi connectivity index (χ0v) is 19.0. The summed E-state index contributed by atoms with van der Waals surface area (Å²) in [6.45, 7) is 3.82. The van der Waals surface area contributed by atoms with E-state index < -0.39 is 11.5 Å². The summed E-state index contributed by atoms with van der Waals surface area (Å²) in [6, 6.07) is 20.6. The van der Waals surface area contributed by atoms with Crippen LogP contribution in [-0.4, -0.2) is 23.0 Å². The number of amides is 2. The lowest BCUT2D eigenvalue weighted by molar-refractivity contribution is -0.121. The largest absolute Gasteiger partial charge is 0.434 e. The van der Waals surface area contributed by atoms with E-state index >= 15 is 0 Å². The Balaban J connectivity index is 1.28. The highest BCUT2D eigenvalue weighted by molar-refractivity contribution is 8.00. The molecule has 0 bridgehead atoms. The van der Waals surface area contributed by atoms with Gasteiger partial charge in [0.15, 0.2) is 0 Å². The van der Waals surface area contributed by atoms with Crippen molar-refractivity contribution in [2.45, 2.75) is 36.6 Å². The minimum Gasteiger partial charge on any atom is -0.434 e. The Morgan fingerprint density at radius 3 is 2.33 bits per heavy atom. The molecule has 0 aliphatic carbocycles. The van der Waals surface area contributed by atoms with Crippen LogP contribution < -0.4 is 10.2 Å². The third-order valence-corrected chi connectivity index (χ3v) is 7.08. The topological polar surface area (TPSA) is 75.7 Å². The van der Waals surface area contributed by atoms with Crippen LogP contribution in [0, 0.1) is 13.8 Å². The molecule has 2 aliphatic rings. The number of carbonyl (C=O) groups is 3. The molecule has 2 atom stereocenters. The molecule has 0 aromatic heterocycles. The van der Waals surface area contributed by atoms with Gasteiger partial charge in [0.25, 0.3) is 0 Å². The highest BCUT2D eigenvalue weighted by atomic mass is 32.2. The Kier molecular flexibility index (Phi) is 5.42. The van der Waals surface area contributed by atoms with E-state index in [-0.39, 0.29) is 24.2 Å². The SMILES string of the molecule is Cc1cccc(C)c1N1C(=O)CC(Sc2ccc(NC3OC(=O)c4ccccc43)cc2)C1=O. The Hall–Kier alpha value is -3.58. The lowest BCUT2D eigenvalue weighted by atomic mass is 10.1. The van der Waals surface area contributed by atoms with Gasteiger partial charge in [-0.2, -0.15) is 0 Å². The molecule has 6 nitrogen and oxygen atoms in total.